The maximum atomic E-state index is 10.2. The van der Waals surface area contributed by atoms with Crippen LogP contribution >= 0.6 is 0 Å². The highest BCUT2D eigenvalue weighted by atomic mass is 28.2. The first-order valence-corrected chi connectivity index (χ1v) is 3.34. The van der Waals surface area contributed by atoms with Gasteiger partial charge in [-0.15, -0.1) is 0 Å². The average Bonchev–Trinajstić information content (AvgIpc) is 1.68. The first-order chi connectivity index (χ1) is 3.81. The van der Waals surface area contributed by atoms with Gasteiger partial charge in [0.15, 0.2) is 0 Å². The Morgan fingerprint density at radius 3 is 2.75 bits per heavy atom. The molecular weight excluding hydrogens is 124 g/mol. The van der Waals surface area contributed by atoms with Crippen molar-refractivity contribution in [2.45, 2.75) is 6.92 Å². The van der Waals surface area contributed by atoms with Crippen LogP contribution in [0.4, 0.5) is 0 Å². The third kappa shape index (κ3) is 3.57. The summed E-state index contributed by atoms with van der Waals surface area (Å²) in [5, 5.41) is 0. The molecule has 0 saturated heterocycles. The highest BCUT2D eigenvalue weighted by Crippen LogP contribution is 1.75. The van der Waals surface area contributed by atoms with E-state index in [2.05, 4.69) is 4.43 Å². The zero-order valence-corrected chi connectivity index (χ0v) is 6.00. The SMILES string of the molecule is CC=CC(=O)O[SiH2][O]. The van der Waals surface area contributed by atoms with Crippen LogP contribution in [0.5, 0.6) is 0 Å². The molecule has 0 aliphatic carbocycles. The molecule has 0 heterocycles. The van der Waals surface area contributed by atoms with E-state index in [1.165, 1.54) is 12.2 Å². The second-order valence-corrected chi connectivity index (χ2v) is 1.61. The standard InChI is InChI=1S/C4H7O3Si/c1-2-3-4(5)7-8-6/h2-3H,8H2,1H3. The van der Waals surface area contributed by atoms with E-state index in [9.17, 15) is 9.59 Å². The van der Waals surface area contributed by atoms with Crippen LogP contribution in [0, 0.1) is 0 Å². The van der Waals surface area contributed by atoms with Crippen LogP contribution in [0.2, 0.25) is 0 Å². The number of carbonyl (C=O) groups is 1. The summed E-state index contributed by atoms with van der Waals surface area (Å²) in [6.07, 6.45) is 2.76. The van der Waals surface area contributed by atoms with E-state index in [4.69, 9.17) is 0 Å². The molecule has 0 aliphatic rings. The Labute approximate surface area is 50.0 Å². The molecule has 0 saturated carbocycles. The maximum Gasteiger partial charge on any atom is 0.401 e. The van der Waals surface area contributed by atoms with Gasteiger partial charge in [-0.2, -0.15) is 0 Å². The van der Waals surface area contributed by atoms with Crippen molar-refractivity contribution in [3.63, 3.8) is 0 Å². The van der Waals surface area contributed by atoms with Crippen LogP contribution in [0.1, 0.15) is 6.92 Å². The summed E-state index contributed by atoms with van der Waals surface area (Å²) in [5.74, 6) is -0.519. The summed E-state index contributed by atoms with van der Waals surface area (Å²) in [5.41, 5.74) is 0. The van der Waals surface area contributed by atoms with E-state index in [-0.39, 0.29) is 0 Å². The van der Waals surface area contributed by atoms with Crippen molar-refractivity contribution in [2.75, 3.05) is 0 Å². The van der Waals surface area contributed by atoms with E-state index < -0.39 is 16.0 Å². The van der Waals surface area contributed by atoms with Gasteiger partial charge in [-0.25, -0.2) is 4.79 Å². The van der Waals surface area contributed by atoms with Crippen LogP contribution < -0.4 is 0 Å². The van der Waals surface area contributed by atoms with Crippen molar-refractivity contribution in [3.8, 4) is 0 Å². The highest BCUT2D eigenvalue weighted by Gasteiger charge is 1.90. The lowest BCUT2D eigenvalue weighted by Gasteiger charge is -1.89. The van der Waals surface area contributed by atoms with Gasteiger partial charge in [0.2, 0.25) is 0 Å². The molecule has 0 unspecified atom stereocenters. The third-order valence-corrected chi connectivity index (χ3v) is 0.906. The fourth-order valence-corrected chi connectivity index (χ4v) is 0.455. The second kappa shape index (κ2) is 4.54. The number of hydrogen-bond donors (Lipinski definition) is 0. The predicted molar refractivity (Wildman–Crippen MR) is 30.1 cm³/mol. The zero-order valence-electron chi connectivity index (χ0n) is 4.59. The second-order valence-electron chi connectivity index (χ2n) is 1.08. The Bertz CT molecular complexity index is 99.5. The normalized spacial score (nSPS) is 11.2. The van der Waals surface area contributed by atoms with E-state index in [1.54, 1.807) is 6.92 Å². The van der Waals surface area contributed by atoms with Crippen molar-refractivity contribution >= 4 is 16.0 Å². The molecule has 0 aromatic carbocycles. The number of carbonyl (C=O) groups excluding carboxylic acids is 1. The van der Waals surface area contributed by atoms with Crippen LogP contribution in [-0.4, -0.2) is 16.0 Å². The topological polar surface area (TPSA) is 46.2 Å². The van der Waals surface area contributed by atoms with Crippen LogP contribution in [0.15, 0.2) is 12.2 Å². The van der Waals surface area contributed by atoms with Gasteiger partial charge in [0.05, 0.1) is 0 Å². The molecule has 0 aliphatic heterocycles. The van der Waals surface area contributed by atoms with Crippen molar-refractivity contribution in [1.29, 1.82) is 0 Å². The Balaban J connectivity index is 3.33. The summed E-state index contributed by atoms with van der Waals surface area (Å²) < 4.78 is 4.14. The van der Waals surface area contributed by atoms with E-state index in [1.807, 2.05) is 0 Å². The number of rotatable bonds is 2. The van der Waals surface area contributed by atoms with E-state index in [0.717, 1.165) is 0 Å². The molecule has 0 bridgehead atoms. The predicted octanol–water partition coefficient (Wildman–Crippen LogP) is -0.465. The van der Waals surface area contributed by atoms with Gasteiger partial charge in [0.1, 0.15) is 0 Å². The summed E-state index contributed by atoms with van der Waals surface area (Å²) in [4.78, 5) is 19.8. The molecule has 0 fully saturated rings. The van der Waals surface area contributed by atoms with Gasteiger partial charge >= 0.3 is 16.0 Å². The molecule has 45 valence electrons. The molecule has 0 spiro atoms. The largest absolute Gasteiger partial charge is 0.494 e. The Morgan fingerprint density at radius 2 is 2.38 bits per heavy atom. The number of hydrogen-bond acceptors (Lipinski definition) is 2. The van der Waals surface area contributed by atoms with E-state index >= 15 is 0 Å². The molecule has 3 nitrogen and oxygen atoms in total. The lowest BCUT2D eigenvalue weighted by Crippen LogP contribution is -2.02. The smallest absolute Gasteiger partial charge is 0.401 e. The van der Waals surface area contributed by atoms with Crippen LogP contribution in [0.25, 0.3) is 0 Å². The molecule has 0 atom stereocenters. The monoisotopic (exact) mass is 131 g/mol. The summed E-state index contributed by atoms with van der Waals surface area (Å²) in [6, 6.07) is 0. The Hall–Kier alpha value is -0.613. The lowest BCUT2D eigenvalue weighted by atomic mass is 10.5. The Kier molecular flexibility index (Phi) is 4.20. The molecule has 0 N–H and O–H groups in total. The molecule has 0 aromatic heterocycles. The summed E-state index contributed by atoms with van der Waals surface area (Å²) in [7, 11) is -1.80. The fourth-order valence-electron chi connectivity index (χ4n) is 0.242. The van der Waals surface area contributed by atoms with Gasteiger partial charge in [-0.3, -0.25) is 4.80 Å². The highest BCUT2D eigenvalue weighted by molar-refractivity contribution is 6.21. The number of allylic oxidation sites excluding steroid dienone is 1. The van der Waals surface area contributed by atoms with Gasteiger partial charge in [0.25, 0.3) is 0 Å². The minimum Gasteiger partial charge on any atom is -0.494 e. The molecule has 0 aromatic rings. The van der Waals surface area contributed by atoms with Crippen LogP contribution in [0.3, 0.4) is 0 Å². The summed E-state index contributed by atoms with van der Waals surface area (Å²) >= 11 is 0. The van der Waals surface area contributed by atoms with Crippen molar-refractivity contribution < 1.29 is 14.0 Å². The van der Waals surface area contributed by atoms with Gasteiger partial charge < -0.3 is 4.43 Å². The molecule has 4 heteroatoms. The average molecular weight is 131 g/mol. The maximum absolute atomic E-state index is 10.2. The zero-order chi connectivity index (χ0) is 6.41. The van der Waals surface area contributed by atoms with Crippen LogP contribution in [-0.2, 0) is 14.0 Å². The van der Waals surface area contributed by atoms with Crippen molar-refractivity contribution in [3.05, 3.63) is 12.2 Å². The fraction of sp³-hybridized carbons (Fsp3) is 0.250. The first-order valence-electron chi connectivity index (χ1n) is 2.18. The van der Waals surface area contributed by atoms with Crippen molar-refractivity contribution in [2.24, 2.45) is 0 Å². The molecule has 0 amide bonds. The molecule has 0 rings (SSSR count). The molecule has 8 heavy (non-hydrogen) atoms. The lowest BCUT2D eigenvalue weighted by molar-refractivity contribution is -0.129. The quantitative estimate of drug-likeness (QED) is 0.376. The summed E-state index contributed by atoms with van der Waals surface area (Å²) in [6.45, 7) is 1.69. The molecular formula is C4H7O3Si. The van der Waals surface area contributed by atoms with Gasteiger partial charge in [-0.1, -0.05) is 6.08 Å². The van der Waals surface area contributed by atoms with E-state index in [0.29, 0.717) is 0 Å². The molecule has 1 radical (unpaired) electrons. The van der Waals surface area contributed by atoms with Gasteiger partial charge in [0, 0.05) is 6.08 Å². The van der Waals surface area contributed by atoms with Gasteiger partial charge in [-0.05, 0) is 6.92 Å². The van der Waals surface area contributed by atoms with Crippen molar-refractivity contribution in [1.82, 2.24) is 0 Å². The Morgan fingerprint density at radius 1 is 1.75 bits per heavy atom. The first kappa shape index (κ1) is 7.39. The third-order valence-electron chi connectivity index (χ3n) is 0.504. The minimum absolute atomic E-state index is 0.519. The minimum atomic E-state index is -1.80.